The van der Waals surface area contributed by atoms with E-state index in [1.54, 1.807) is 11.8 Å². The molecule has 1 heterocycles. The van der Waals surface area contributed by atoms with E-state index < -0.39 is 10.1 Å². The Morgan fingerprint density at radius 1 is 1.08 bits per heavy atom. The highest BCUT2D eigenvalue weighted by atomic mass is 35.5. The lowest BCUT2D eigenvalue weighted by Gasteiger charge is -2.23. The molecule has 0 unspecified atom stereocenters. The van der Waals surface area contributed by atoms with E-state index in [4.69, 9.17) is 20.5 Å². The van der Waals surface area contributed by atoms with Crippen molar-refractivity contribution >= 4 is 33.5 Å². The van der Waals surface area contributed by atoms with Gasteiger partial charge in [-0.05, 0) is 91.3 Å². The predicted molar refractivity (Wildman–Crippen MR) is 158 cm³/mol. The van der Waals surface area contributed by atoms with E-state index in [1.807, 2.05) is 24.5 Å². The van der Waals surface area contributed by atoms with Crippen molar-refractivity contribution in [2.75, 3.05) is 18.6 Å². The fourth-order valence-corrected chi connectivity index (χ4v) is 6.24. The van der Waals surface area contributed by atoms with Gasteiger partial charge in [0.1, 0.15) is 5.75 Å². The van der Waals surface area contributed by atoms with E-state index >= 15 is 0 Å². The number of hydrogen-bond donors (Lipinski definition) is 1. The van der Waals surface area contributed by atoms with Gasteiger partial charge in [-0.2, -0.15) is 8.42 Å². The Hall–Kier alpha value is -2.10. The molecule has 2 fully saturated rings. The number of aromatic nitrogens is 1. The van der Waals surface area contributed by atoms with Gasteiger partial charge in [0, 0.05) is 40.0 Å². The Kier molecular flexibility index (Phi) is 9.19. The number of thioether (sulfide) groups is 1. The maximum absolute atomic E-state index is 11.0. The summed E-state index contributed by atoms with van der Waals surface area (Å²) in [5, 5.41) is 4.58. The summed E-state index contributed by atoms with van der Waals surface area (Å²) >= 11 is 8.40. The summed E-state index contributed by atoms with van der Waals surface area (Å²) in [6.07, 6.45) is 12.3. The van der Waals surface area contributed by atoms with E-state index in [2.05, 4.69) is 46.7 Å². The van der Waals surface area contributed by atoms with Crippen molar-refractivity contribution in [3.63, 3.8) is 0 Å². The third-order valence-corrected chi connectivity index (χ3v) is 9.11. The van der Waals surface area contributed by atoms with E-state index in [9.17, 15) is 8.42 Å². The maximum Gasteiger partial charge on any atom is 0.264 e. The molecule has 0 aliphatic heterocycles. The highest BCUT2D eigenvalue weighted by Gasteiger charge is 2.45. The molecule has 0 bridgehead atoms. The third kappa shape index (κ3) is 7.98. The number of benzene rings is 2. The van der Waals surface area contributed by atoms with Crippen LogP contribution < -0.4 is 10.1 Å². The molecule has 1 aromatic heterocycles. The van der Waals surface area contributed by atoms with Crippen LogP contribution in [0.15, 0.2) is 65.8 Å². The summed E-state index contributed by atoms with van der Waals surface area (Å²) in [4.78, 5) is 5.67. The highest BCUT2D eigenvalue weighted by molar-refractivity contribution is 7.99. The number of pyridine rings is 1. The van der Waals surface area contributed by atoms with E-state index in [0.717, 1.165) is 78.9 Å². The quantitative estimate of drug-likeness (QED) is 0.117. The van der Waals surface area contributed by atoms with Gasteiger partial charge >= 0.3 is 0 Å². The van der Waals surface area contributed by atoms with E-state index in [1.165, 1.54) is 16.0 Å². The van der Waals surface area contributed by atoms with Gasteiger partial charge in [-0.3, -0.25) is 9.17 Å². The molecule has 0 saturated heterocycles. The smallest absolute Gasteiger partial charge is 0.264 e. The Morgan fingerprint density at radius 3 is 2.67 bits per heavy atom. The van der Waals surface area contributed by atoms with Crippen LogP contribution in [0.25, 0.3) is 11.1 Å². The molecule has 2 aliphatic carbocycles. The van der Waals surface area contributed by atoms with Gasteiger partial charge in [-0.25, -0.2) is 0 Å². The normalized spacial score (nSPS) is 16.3. The number of rotatable bonds is 15. The van der Waals surface area contributed by atoms with Crippen LogP contribution >= 0.6 is 23.4 Å². The number of nitrogens with one attached hydrogen (secondary N) is 1. The molecule has 39 heavy (non-hydrogen) atoms. The number of unbranched alkanes of at least 4 members (excludes halogenated alkanes) is 2. The largest absolute Gasteiger partial charge is 0.490 e. The molecular formula is C30H35ClN2O4S2. The molecule has 1 N–H and O–H groups in total. The Morgan fingerprint density at radius 2 is 1.90 bits per heavy atom. The topological polar surface area (TPSA) is 77.5 Å². The van der Waals surface area contributed by atoms with Gasteiger partial charge in [0.2, 0.25) is 0 Å². The molecule has 2 aliphatic rings. The average Bonchev–Trinajstić information content (AvgIpc) is 3.85. The molecule has 2 aromatic carbocycles. The molecule has 5 rings (SSSR count). The predicted octanol–water partition coefficient (Wildman–Crippen LogP) is 6.96. The van der Waals surface area contributed by atoms with Crippen LogP contribution in [0.4, 0.5) is 0 Å². The summed E-state index contributed by atoms with van der Waals surface area (Å²) in [5.74, 6) is 1.90. The first-order valence-corrected chi connectivity index (χ1v) is 16.7. The second-order valence-corrected chi connectivity index (χ2v) is 13.6. The number of hydrogen-bond acceptors (Lipinski definition) is 7. The highest BCUT2D eigenvalue weighted by Crippen LogP contribution is 2.50. The standard InChI is InChI=1S/C30H35ClN2O4S2/c1-39(34,35)36-17-5-2-6-18-38-24-11-12-28(31)22(19-24)20-33-30(14-15-30)27-21-32-16-13-25(27)26-7-3-4-8-29(26)37-23-9-10-23/h3-4,7-8,11-13,16,19,21,23,33H,2,5-6,9-10,14-15,17-18,20H2,1H3. The van der Waals surface area contributed by atoms with Gasteiger partial charge in [-0.15, -0.1) is 11.8 Å². The molecule has 0 radical (unpaired) electrons. The number of halogens is 1. The van der Waals surface area contributed by atoms with E-state index in [0.29, 0.717) is 12.6 Å². The number of ether oxygens (including phenoxy) is 1. The minimum Gasteiger partial charge on any atom is -0.490 e. The lowest BCUT2D eigenvalue weighted by Crippen LogP contribution is -2.29. The average molecular weight is 587 g/mol. The summed E-state index contributed by atoms with van der Waals surface area (Å²) in [6.45, 7) is 0.921. The Labute approximate surface area is 241 Å². The van der Waals surface area contributed by atoms with Gasteiger partial charge in [0.25, 0.3) is 10.1 Å². The van der Waals surface area contributed by atoms with Crippen LogP contribution in [0, 0.1) is 0 Å². The minimum absolute atomic E-state index is 0.128. The summed E-state index contributed by atoms with van der Waals surface area (Å²) in [7, 11) is -3.35. The molecule has 0 atom stereocenters. The monoisotopic (exact) mass is 586 g/mol. The zero-order valence-electron chi connectivity index (χ0n) is 22.2. The van der Waals surface area contributed by atoms with Crippen molar-refractivity contribution in [3.8, 4) is 16.9 Å². The summed E-state index contributed by atoms with van der Waals surface area (Å²) in [6, 6.07) is 16.6. The molecule has 6 nitrogen and oxygen atoms in total. The first-order valence-electron chi connectivity index (χ1n) is 13.5. The van der Waals surface area contributed by atoms with Crippen molar-refractivity contribution in [1.29, 1.82) is 0 Å². The van der Waals surface area contributed by atoms with Crippen molar-refractivity contribution < 1.29 is 17.3 Å². The Balaban J connectivity index is 1.21. The molecule has 0 amide bonds. The number of nitrogens with zero attached hydrogens (tertiary/aromatic N) is 1. The van der Waals surface area contributed by atoms with Crippen LogP contribution in [0.1, 0.15) is 56.1 Å². The zero-order valence-corrected chi connectivity index (χ0v) is 24.6. The third-order valence-electron chi connectivity index (χ3n) is 7.07. The molecule has 208 valence electrons. The van der Waals surface area contributed by atoms with Crippen LogP contribution in [0.3, 0.4) is 0 Å². The van der Waals surface area contributed by atoms with Gasteiger partial charge in [0.05, 0.1) is 19.0 Å². The molecule has 0 spiro atoms. The van der Waals surface area contributed by atoms with Crippen molar-refractivity contribution in [1.82, 2.24) is 10.3 Å². The fourth-order valence-electron chi connectivity index (χ4n) is 4.66. The van der Waals surface area contributed by atoms with Crippen LogP contribution in [-0.2, 0) is 26.4 Å². The first-order chi connectivity index (χ1) is 18.8. The maximum atomic E-state index is 11.0. The fraction of sp³-hybridized carbons (Fsp3) is 0.433. The van der Waals surface area contributed by atoms with Gasteiger partial charge < -0.3 is 10.1 Å². The molecule has 2 saturated carbocycles. The second-order valence-electron chi connectivity index (χ2n) is 10.4. The SMILES string of the molecule is CS(=O)(=O)OCCCCCSc1ccc(Cl)c(CNC2(c3cnccc3-c3ccccc3OC3CC3)CC2)c1. The van der Waals surface area contributed by atoms with Crippen molar-refractivity contribution in [3.05, 3.63) is 77.1 Å². The first kappa shape index (κ1) is 28.4. The van der Waals surface area contributed by atoms with Gasteiger partial charge in [0.15, 0.2) is 0 Å². The molecule has 9 heteroatoms. The lowest BCUT2D eigenvalue weighted by molar-refractivity contribution is 0.304. The zero-order chi connectivity index (χ0) is 27.3. The summed E-state index contributed by atoms with van der Waals surface area (Å²) in [5.41, 5.74) is 4.45. The minimum atomic E-state index is -3.35. The van der Waals surface area contributed by atoms with Crippen LogP contribution in [0.5, 0.6) is 5.75 Å². The van der Waals surface area contributed by atoms with Crippen LogP contribution in [-0.4, -0.2) is 38.1 Å². The Bertz CT molecular complexity index is 1390. The van der Waals surface area contributed by atoms with Crippen LogP contribution in [0.2, 0.25) is 5.02 Å². The summed E-state index contributed by atoms with van der Waals surface area (Å²) < 4.78 is 33.1. The lowest BCUT2D eigenvalue weighted by atomic mass is 9.94. The molecular weight excluding hydrogens is 552 g/mol. The van der Waals surface area contributed by atoms with Crippen molar-refractivity contribution in [2.24, 2.45) is 0 Å². The van der Waals surface area contributed by atoms with E-state index in [-0.39, 0.29) is 12.1 Å². The van der Waals surface area contributed by atoms with Gasteiger partial charge in [-0.1, -0.05) is 36.2 Å². The number of para-hydroxylation sites is 1. The molecule has 3 aromatic rings. The second kappa shape index (κ2) is 12.6. The van der Waals surface area contributed by atoms with Crippen molar-refractivity contribution in [2.45, 2.75) is 68.0 Å².